The van der Waals surface area contributed by atoms with Crippen LogP contribution in [0.1, 0.15) is 40.5 Å². The molecule has 2 N–H and O–H groups in total. The van der Waals surface area contributed by atoms with E-state index < -0.39 is 0 Å². The third-order valence-corrected chi connectivity index (χ3v) is 6.29. The van der Waals surface area contributed by atoms with E-state index in [1.165, 1.54) is 10.9 Å². The van der Waals surface area contributed by atoms with Crippen LogP contribution in [0, 0.1) is 0 Å². The molecule has 31 heavy (non-hydrogen) atoms. The molecule has 0 bridgehead atoms. The predicted octanol–water partition coefficient (Wildman–Crippen LogP) is 4.59. The van der Waals surface area contributed by atoms with Crippen LogP contribution in [-0.2, 0) is 17.7 Å². The van der Waals surface area contributed by atoms with Gasteiger partial charge in [-0.05, 0) is 67.3 Å². The van der Waals surface area contributed by atoms with Crippen LogP contribution in [-0.4, -0.2) is 36.3 Å². The number of carbonyl (C=O) groups is 1. The first-order chi connectivity index (χ1) is 15.2. The first kappa shape index (κ1) is 19.7. The summed E-state index contributed by atoms with van der Waals surface area (Å²) in [7, 11) is 3.39. The Hall–Kier alpha value is -3.25. The van der Waals surface area contributed by atoms with Gasteiger partial charge >= 0.3 is 0 Å². The van der Waals surface area contributed by atoms with Crippen LogP contribution in [0.15, 0.2) is 48.7 Å². The molecule has 2 aromatic carbocycles. The van der Waals surface area contributed by atoms with Gasteiger partial charge in [0.1, 0.15) is 5.75 Å². The molecule has 1 unspecified atom stereocenters. The minimum absolute atomic E-state index is 0.0170. The second-order valence-electron chi connectivity index (χ2n) is 8.12. The number of aryl methyl sites for hydroxylation is 1. The highest BCUT2D eigenvalue weighted by Crippen LogP contribution is 2.36. The van der Waals surface area contributed by atoms with Crippen molar-refractivity contribution in [1.82, 2.24) is 14.9 Å². The van der Waals surface area contributed by atoms with Gasteiger partial charge < -0.3 is 24.3 Å². The minimum Gasteiger partial charge on any atom is -0.497 e. The van der Waals surface area contributed by atoms with Crippen molar-refractivity contribution in [2.24, 2.45) is 0 Å². The summed E-state index contributed by atoms with van der Waals surface area (Å²) in [6.07, 6.45) is 5.02. The van der Waals surface area contributed by atoms with Crippen LogP contribution >= 0.6 is 0 Å². The first-order valence-corrected chi connectivity index (χ1v) is 10.7. The number of H-pyrrole nitrogens is 1. The number of aromatic amines is 1. The Bertz CT molecular complexity index is 1250. The van der Waals surface area contributed by atoms with E-state index in [2.05, 4.69) is 20.9 Å². The largest absolute Gasteiger partial charge is 0.497 e. The number of fused-ring (bicyclic) bond motifs is 4. The summed E-state index contributed by atoms with van der Waals surface area (Å²) in [5.41, 5.74) is 5.29. The van der Waals surface area contributed by atoms with Gasteiger partial charge in [-0.25, -0.2) is 0 Å². The average molecular weight is 418 g/mol. The van der Waals surface area contributed by atoms with Gasteiger partial charge in [0.2, 0.25) is 0 Å². The molecule has 0 aliphatic heterocycles. The zero-order valence-electron chi connectivity index (χ0n) is 17.9. The number of amides is 1. The fourth-order valence-electron chi connectivity index (χ4n) is 4.68. The van der Waals surface area contributed by atoms with Gasteiger partial charge in [0.15, 0.2) is 0 Å². The highest BCUT2D eigenvalue weighted by atomic mass is 16.5. The fraction of sp³-hybridized carbons (Fsp3) is 0.320. The van der Waals surface area contributed by atoms with Crippen molar-refractivity contribution < 1.29 is 14.3 Å². The summed E-state index contributed by atoms with van der Waals surface area (Å²) in [6.45, 7) is 1.45. The normalized spacial score (nSPS) is 15.9. The number of methoxy groups -OCH3 is 2. The van der Waals surface area contributed by atoms with Crippen LogP contribution in [0.5, 0.6) is 5.75 Å². The first-order valence-electron chi connectivity index (χ1n) is 10.7. The topological polar surface area (TPSA) is 68.3 Å². The van der Waals surface area contributed by atoms with Crippen molar-refractivity contribution in [2.75, 3.05) is 20.8 Å². The molecule has 0 saturated heterocycles. The van der Waals surface area contributed by atoms with E-state index in [9.17, 15) is 4.79 Å². The van der Waals surface area contributed by atoms with Gasteiger partial charge in [-0.15, -0.1) is 0 Å². The smallest absolute Gasteiger partial charge is 0.251 e. The van der Waals surface area contributed by atoms with Crippen molar-refractivity contribution in [3.8, 4) is 5.75 Å². The third kappa shape index (κ3) is 3.57. The quantitative estimate of drug-likeness (QED) is 0.482. The molecule has 160 valence electrons. The molecule has 6 heteroatoms. The van der Waals surface area contributed by atoms with E-state index in [0.717, 1.165) is 53.7 Å². The zero-order valence-corrected chi connectivity index (χ0v) is 17.9. The molecule has 0 spiro atoms. The maximum atomic E-state index is 13.1. The Balaban J connectivity index is 1.40. The predicted molar refractivity (Wildman–Crippen MR) is 122 cm³/mol. The lowest BCUT2D eigenvalue weighted by Gasteiger charge is -2.24. The molecule has 1 atom stereocenters. The Kier molecular flexibility index (Phi) is 5.16. The highest BCUT2D eigenvalue weighted by molar-refractivity contribution is 5.98. The van der Waals surface area contributed by atoms with Crippen LogP contribution in [0.4, 0.5) is 0 Å². The molecule has 6 nitrogen and oxygen atoms in total. The molecule has 1 aliphatic rings. The fourth-order valence-corrected chi connectivity index (χ4v) is 4.68. The molecule has 2 aromatic heterocycles. The molecule has 2 heterocycles. The number of nitrogens with zero attached hydrogens (tertiary/aromatic N) is 1. The molecule has 5 rings (SSSR count). The Morgan fingerprint density at radius 3 is 2.94 bits per heavy atom. The summed E-state index contributed by atoms with van der Waals surface area (Å²) in [5, 5.41) is 5.51. The number of carbonyl (C=O) groups excluding carboxylic acids is 1. The van der Waals surface area contributed by atoms with Crippen LogP contribution in [0.2, 0.25) is 0 Å². The van der Waals surface area contributed by atoms with E-state index >= 15 is 0 Å². The second-order valence-corrected chi connectivity index (χ2v) is 8.12. The summed E-state index contributed by atoms with van der Waals surface area (Å²) >= 11 is 0. The number of hydrogen-bond acceptors (Lipinski definition) is 3. The number of hydrogen-bond donors (Lipinski definition) is 2. The number of nitrogens with one attached hydrogen (secondary N) is 2. The molecule has 0 radical (unpaired) electrons. The van der Waals surface area contributed by atoms with Gasteiger partial charge in [0.05, 0.1) is 19.8 Å². The maximum absolute atomic E-state index is 13.1. The SMILES string of the molecule is COCCn1ccc2cc(C(=O)NC3CCCc4c3[nH]c3ccc(OC)cc43)ccc21. The molecular weight excluding hydrogens is 390 g/mol. The van der Waals surface area contributed by atoms with E-state index in [4.69, 9.17) is 9.47 Å². The van der Waals surface area contributed by atoms with Gasteiger partial charge in [-0.2, -0.15) is 0 Å². The summed E-state index contributed by atoms with van der Waals surface area (Å²) in [6, 6.07) is 14.0. The Morgan fingerprint density at radius 1 is 1.19 bits per heavy atom. The molecule has 0 saturated carbocycles. The average Bonchev–Trinajstić information content (AvgIpc) is 3.38. The summed E-state index contributed by atoms with van der Waals surface area (Å²) < 4.78 is 12.7. The Labute approximate surface area is 181 Å². The molecular formula is C25H27N3O3. The van der Waals surface area contributed by atoms with Crippen molar-refractivity contribution in [3.05, 3.63) is 65.5 Å². The van der Waals surface area contributed by atoms with E-state index in [1.54, 1.807) is 14.2 Å². The zero-order chi connectivity index (χ0) is 21.4. The van der Waals surface area contributed by atoms with E-state index in [1.807, 2.05) is 42.6 Å². The summed E-state index contributed by atoms with van der Waals surface area (Å²) in [5.74, 6) is 0.812. The number of benzene rings is 2. The second kappa shape index (κ2) is 8.12. The monoisotopic (exact) mass is 417 g/mol. The van der Waals surface area contributed by atoms with Gasteiger partial charge in [-0.1, -0.05) is 0 Å². The summed E-state index contributed by atoms with van der Waals surface area (Å²) in [4.78, 5) is 16.6. The van der Waals surface area contributed by atoms with E-state index in [-0.39, 0.29) is 11.9 Å². The molecule has 0 fully saturated rings. The third-order valence-electron chi connectivity index (χ3n) is 6.29. The Morgan fingerprint density at radius 2 is 2.10 bits per heavy atom. The van der Waals surface area contributed by atoms with E-state index in [0.29, 0.717) is 12.2 Å². The highest BCUT2D eigenvalue weighted by Gasteiger charge is 2.26. The van der Waals surface area contributed by atoms with Gasteiger partial charge in [-0.3, -0.25) is 4.79 Å². The molecule has 1 amide bonds. The number of aromatic nitrogens is 2. The maximum Gasteiger partial charge on any atom is 0.251 e. The van der Waals surface area contributed by atoms with Gasteiger partial charge in [0.25, 0.3) is 5.91 Å². The van der Waals surface area contributed by atoms with Crippen LogP contribution in [0.3, 0.4) is 0 Å². The van der Waals surface area contributed by atoms with Crippen molar-refractivity contribution in [2.45, 2.75) is 31.8 Å². The molecule has 1 aliphatic carbocycles. The lowest BCUT2D eigenvalue weighted by Crippen LogP contribution is -2.31. The molecule has 4 aromatic rings. The van der Waals surface area contributed by atoms with Crippen molar-refractivity contribution >= 4 is 27.7 Å². The van der Waals surface area contributed by atoms with Crippen LogP contribution in [0.25, 0.3) is 21.8 Å². The van der Waals surface area contributed by atoms with Gasteiger partial charge in [0, 0.05) is 52.9 Å². The van der Waals surface area contributed by atoms with Crippen molar-refractivity contribution in [1.29, 1.82) is 0 Å². The van der Waals surface area contributed by atoms with Crippen molar-refractivity contribution in [3.63, 3.8) is 0 Å². The number of rotatable bonds is 6. The lowest BCUT2D eigenvalue weighted by molar-refractivity contribution is 0.0932. The lowest BCUT2D eigenvalue weighted by atomic mass is 9.91. The number of ether oxygens (including phenoxy) is 2. The van der Waals surface area contributed by atoms with Crippen LogP contribution < -0.4 is 10.1 Å². The standard InChI is InChI=1S/C25H27N3O3/c1-30-13-12-28-11-10-16-14-17(6-9-23(16)28)25(29)27-22-5-3-4-19-20-15-18(31-2)7-8-21(20)26-24(19)22/h6-11,14-15,22,26H,3-5,12-13H2,1-2H3,(H,27,29). The minimum atomic E-state index is -0.0411.